The molecule has 0 aliphatic heterocycles. The molecule has 3 aromatic rings. The monoisotopic (exact) mass is 334 g/mol. The van der Waals surface area contributed by atoms with E-state index in [1.807, 2.05) is 30.3 Å². The number of anilines is 1. The third kappa shape index (κ3) is 3.18. The molecule has 0 aliphatic rings. The quantitative estimate of drug-likeness (QED) is 0.743. The Morgan fingerprint density at radius 2 is 1.82 bits per heavy atom. The highest BCUT2D eigenvalue weighted by atomic mass is 35.5. The minimum Gasteiger partial charge on any atom is -0.487 e. The maximum atomic E-state index is 6.27. The van der Waals surface area contributed by atoms with Gasteiger partial charge >= 0.3 is 0 Å². The Balaban J connectivity index is 1.83. The van der Waals surface area contributed by atoms with Crippen molar-refractivity contribution >= 4 is 29.1 Å². The van der Waals surface area contributed by atoms with E-state index < -0.39 is 0 Å². The highest BCUT2D eigenvalue weighted by molar-refractivity contribution is 6.36. The molecule has 0 aliphatic carbocycles. The molecular formula is C16H12Cl2N2O2. The van der Waals surface area contributed by atoms with Gasteiger partial charge in [0.15, 0.2) is 0 Å². The summed E-state index contributed by atoms with van der Waals surface area (Å²) in [6, 6.07) is 14.7. The summed E-state index contributed by atoms with van der Waals surface area (Å²) >= 11 is 12.5. The summed E-state index contributed by atoms with van der Waals surface area (Å²) in [6.45, 7) is 0.410. The van der Waals surface area contributed by atoms with Crippen molar-refractivity contribution in [2.24, 2.45) is 0 Å². The van der Waals surface area contributed by atoms with E-state index in [-0.39, 0.29) is 5.88 Å². The Kier molecular flexibility index (Phi) is 4.22. The van der Waals surface area contributed by atoms with Crippen molar-refractivity contribution in [3.05, 3.63) is 64.1 Å². The molecule has 0 spiro atoms. The number of halogens is 2. The molecule has 0 saturated carbocycles. The minimum atomic E-state index is 0.214. The molecule has 6 heteroatoms. The lowest BCUT2D eigenvalue weighted by atomic mass is 10.1. The topological polar surface area (TPSA) is 61.3 Å². The second kappa shape index (κ2) is 6.30. The lowest BCUT2D eigenvalue weighted by molar-refractivity contribution is 0.306. The highest BCUT2D eigenvalue weighted by Gasteiger charge is 2.13. The Morgan fingerprint density at radius 1 is 1.05 bits per heavy atom. The van der Waals surface area contributed by atoms with Gasteiger partial charge in [0.2, 0.25) is 5.88 Å². The molecule has 22 heavy (non-hydrogen) atoms. The van der Waals surface area contributed by atoms with E-state index in [0.717, 1.165) is 5.56 Å². The number of nitrogen functional groups attached to an aromatic ring is 1. The van der Waals surface area contributed by atoms with Crippen molar-refractivity contribution < 1.29 is 9.26 Å². The fourth-order valence-electron chi connectivity index (χ4n) is 1.99. The molecule has 3 rings (SSSR count). The lowest BCUT2D eigenvalue weighted by Crippen LogP contribution is -1.96. The van der Waals surface area contributed by atoms with Crippen LogP contribution in [0.4, 0.5) is 5.88 Å². The number of aromatic nitrogens is 1. The van der Waals surface area contributed by atoms with Crippen molar-refractivity contribution in [1.82, 2.24) is 5.16 Å². The maximum absolute atomic E-state index is 6.27. The standard InChI is InChI=1S/C16H12Cl2N2O2/c17-12-7-15(21-9-10-4-2-1-3-5-10)13(18)6-11(12)14-8-16(19)22-20-14/h1-8H,9,19H2. The van der Waals surface area contributed by atoms with Crippen molar-refractivity contribution in [3.8, 4) is 17.0 Å². The van der Waals surface area contributed by atoms with Gasteiger partial charge in [0.1, 0.15) is 18.1 Å². The van der Waals surface area contributed by atoms with Crippen molar-refractivity contribution in [3.63, 3.8) is 0 Å². The first kappa shape index (κ1) is 14.8. The molecule has 0 atom stereocenters. The van der Waals surface area contributed by atoms with Crippen LogP contribution in [-0.2, 0) is 6.61 Å². The van der Waals surface area contributed by atoms with Crippen LogP contribution in [0.3, 0.4) is 0 Å². The molecule has 112 valence electrons. The van der Waals surface area contributed by atoms with Gasteiger partial charge < -0.3 is 15.0 Å². The first-order valence-corrected chi connectivity index (χ1v) is 7.27. The summed E-state index contributed by atoms with van der Waals surface area (Å²) in [4.78, 5) is 0. The Morgan fingerprint density at radius 3 is 2.50 bits per heavy atom. The van der Waals surface area contributed by atoms with Crippen molar-refractivity contribution in [2.75, 3.05) is 5.73 Å². The third-order valence-corrected chi connectivity index (χ3v) is 3.67. The predicted octanol–water partition coefficient (Wildman–Crippen LogP) is 4.81. The van der Waals surface area contributed by atoms with Gasteiger partial charge in [-0.05, 0) is 11.6 Å². The van der Waals surface area contributed by atoms with Crippen LogP contribution in [0.25, 0.3) is 11.3 Å². The molecule has 1 aromatic heterocycles. The molecule has 0 amide bonds. The van der Waals surface area contributed by atoms with Gasteiger partial charge in [-0.15, -0.1) is 0 Å². The van der Waals surface area contributed by atoms with E-state index >= 15 is 0 Å². The first-order valence-electron chi connectivity index (χ1n) is 6.52. The average Bonchev–Trinajstić information content (AvgIpc) is 2.95. The van der Waals surface area contributed by atoms with Gasteiger partial charge in [0, 0.05) is 17.7 Å². The van der Waals surface area contributed by atoms with Crippen molar-refractivity contribution in [2.45, 2.75) is 6.61 Å². The molecule has 0 unspecified atom stereocenters. The number of nitrogens with two attached hydrogens (primary N) is 1. The number of rotatable bonds is 4. The van der Waals surface area contributed by atoms with E-state index in [1.54, 1.807) is 18.2 Å². The van der Waals surface area contributed by atoms with Crippen molar-refractivity contribution in [1.29, 1.82) is 0 Å². The number of hydrogen-bond donors (Lipinski definition) is 1. The SMILES string of the molecule is Nc1cc(-c2cc(Cl)c(OCc3ccccc3)cc2Cl)no1. The molecule has 4 nitrogen and oxygen atoms in total. The van der Waals surface area contributed by atoms with E-state index in [0.29, 0.717) is 33.7 Å². The molecule has 0 radical (unpaired) electrons. The molecule has 0 bridgehead atoms. The molecular weight excluding hydrogens is 323 g/mol. The molecule has 1 heterocycles. The minimum absolute atomic E-state index is 0.214. The van der Waals surface area contributed by atoms with Crippen LogP contribution in [0.1, 0.15) is 5.56 Å². The summed E-state index contributed by atoms with van der Waals surface area (Å²) < 4.78 is 10.6. The smallest absolute Gasteiger partial charge is 0.222 e. The number of hydrogen-bond acceptors (Lipinski definition) is 4. The van der Waals surface area contributed by atoms with Crippen LogP contribution in [0.5, 0.6) is 5.75 Å². The summed E-state index contributed by atoms with van der Waals surface area (Å²) in [5.41, 5.74) is 7.73. The zero-order valence-corrected chi connectivity index (χ0v) is 12.9. The highest BCUT2D eigenvalue weighted by Crippen LogP contribution is 2.37. The second-order valence-electron chi connectivity index (χ2n) is 4.65. The van der Waals surface area contributed by atoms with E-state index in [4.69, 9.17) is 38.2 Å². The second-order valence-corrected chi connectivity index (χ2v) is 5.47. The van der Waals surface area contributed by atoms with E-state index in [9.17, 15) is 0 Å². The average molecular weight is 335 g/mol. The van der Waals surface area contributed by atoms with Crippen LogP contribution in [0.2, 0.25) is 10.0 Å². The van der Waals surface area contributed by atoms with Crippen LogP contribution in [-0.4, -0.2) is 5.16 Å². The molecule has 2 N–H and O–H groups in total. The van der Waals surface area contributed by atoms with Crippen LogP contribution < -0.4 is 10.5 Å². The number of benzene rings is 2. The number of ether oxygens (including phenoxy) is 1. The number of nitrogens with zero attached hydrogens (tertiary/aromatic N) is 1. The fourth-order valence-corrected chi connectivity index (χ4v) is 2.46. The summed E-state index contributed by atoms with van der Waals surface area (Å²) in [6.07, 6.45) is 0. The van der Waals surface area contributed by atoms with Gasteiger partial charge in [-0.3, -0.25) is 0 Å². The third-order valence-electron chi connectivity index (χ3n) is 3.06. The summed E-state index contributed by atoms with van der Waals surface area (Å²) in [5, 5.41) is 4.73. The van der Waals surface area contributed by atoms with E-state index in [2.05, 4.69) is 5.16 Å². The fraction of sp³-hybridized carbons (Fsp3) is 0.0625. The Labute approximate surface area is 137 Å². The summed E-state index contributed by atoms with van der Waals surface area (Å²) in [5.74, 6) is 0.724. The zero-order chi connectivity index (χ0) is 15.5. The van der Waals surface area contributed by atoms with Gasteiger partial charge in [0.25, 0.3) is 0 Å². The molecule has 0 saturated heterocycles. The van der Waals surface area contributed by atoms with Gasteiger partial charge in [-0.2, -0.15) is 0 Å². The normalized spacial score (nSPS) is 10.6. The maximum Gasteiger partial charge on any atom is 0.222 e. The van der Waals surface area contributed by atoms with Crippen LogP contribution in [0, 0.1) is 0 Å². The Bertz CT molecular complexity index is 788. The molecule has 0 fully saturated rings. The predicted molar refractivity (Wildman–Crippen MR) is 87.1 cm³/mol. The first-order chi connectivity index (χ1) is 10.6. The van der Waals surface area contributed by atoms with Crippen LogP contribution in [0.15, 0.2) is 53.1 Å². The van der Waals surface area contributed by atoms with Gasteiger partial charge in [0.05, 0.1) is 10.0 Å². The lowest BCUT2D eigenvalue weighted by Gasteiger charge is -2.10. The Hall–Kier alpha value is -2.17. The van der Waals surface area contributed by atoms with Gasteiger partial charge in [-0.25, -0.2) is 0 Å². The van der Waals surface area contributed by atoms with Crippen LogP contribution >= 0.6 is 23.2 Å². The largest absolute Gasteiger partial charge is 0.487 e. The van der Waals surface area contributed by atoms with E-state index in [1.165, 1.54) is 0 Å². The molecule has 2 aromatic carbocycles. The zero-order valence-electron chi connectivity index (χ0n) is 11.4. The van der Waals surface area contributed by atoms with Gasteiger partial charge in [-0.1, -0.05) is 58.7 Å². The summed E-state index contributed by atoms with van der Waals surface area (Å²) in [7, 11) is 0.